The number of esters is 1. The summed E-state index contributed by atoms with van der Waals surface area (Å²) in [6.07, 6.45) is 1.24. The molecule has 0 aliphatic rings. The van der Waals surface area contributed by atoms with Gasteiger partial charge >= 0.3 is 12.1 Å². The van der Waals surface area contributed by atoms with Crippen molar-refractivity contribution in [3.63, 3.8) is 0 Å². The normalized spacial score (nSPS) is 12.2. The zero-order chi connectivity index (χ0) is 24.7. The summed E-state index contributed by atoms with van der Waals surface area (Å²) in [5.41, 5.74) is 1.62. The molecule has 0 aliphatic carbocycles. The Kier molecular flexibility index (Phi) is 8.07. The summed E-state index contributed by atoms with van der Waals surface area (Å²) in [6, 6.07) is 15.8. The number of rotatable bonds is 8. The fraction of sp³-hybridized carbons (Fsp3) is 0.346. The molecule has 8 heteroatoms. The van der Waals surface area contributed by atoms with Gasteiger partial charge in [0.1, 0.15) is 18.2 Å². The number of hydrogen-bond donors (Lipinski definition) is 1. The summed E-state index contributed by atoms with van der Waals surface area (Å²) in [4.78, 5) is 37.6. The highest BCUT2D eigenvalue weighted by molar-refractivity contribution is 5.93. The highest BCUT2D eigenvalue weighted by Crippen LogP contribution is 2.24. The number of methoxy groups -OCH3 is 1. The summed E-state index contributed by atoms with van der Waals surface area (Å²) in [5, 5.41) is 3.45. The van der Waals surface area contributed by atoms with E-state index in [4.69, 9.17) is 14.2 Å². The minimum Gasteiger partial charge on any atom is -0.467 e. The van der Waals surface area contributed by atoms with E-state index in [-0.39, 0.29) is 19.6 Å². The monoisotopic (exact) mass is 466 g/mol. The van der Waals surface area contributed by atoms with E-state index in [0.29, 0.717) is 11.1 Å². The van der Waals surface area contributed by atoms with Gasteiger partial charge in [-0.2, -0.15) is 0 Å². The standard InChI is InChI=1S/C26H30N2O6/c1-26(2,3)34-25(31)28-15-19(20-12-8-9-13-22(20)28)14-21(24(30)32-4)27-23(29)17-33-16-18-10-6-5-7-11-18/h5-13,15,21H,14,16-17H2,1-4H3,(H,27,29)/t21-/m0/s1. The molecule has 0 radical (unpaired) electrons. The van der Waals surface area contributed by atoms with Crippen LogP contribution in [0.4, 0.5) is 4.79 Å². The first-order valence-corrected chi connectivity index (χ1v) is 11.0. The van der Waals surface area contributed by atoms with Crippen LogP contribution in [0.2, 0.25) is 0 Å². The fourth-order valence-electron chi connectivity index (χ4n) is 3.50. The topological polar surface area (TPSA) is 95.9 Å². The van der Waals surface area contributed by atoms with Crippen molar-refractivity contribution in [3.8, 4) is 0 Å². The van der Waals surface area contributed by atoms with Crippen molar-refractivity contribution in [3.05, 3.63) is 71.9 Å². The number of fused-ring (bicyclic) bond motifs is 1. The van der Waals surface area contributed by atoms with E-state index in [1.54, 1.807) is 33.0 Å². The van der Waals surface area contributed by atoms with Crippen LogP contribution in [0.3, 0.4) is 0 Å². The van der Waals surface area contributed by atoms with Gasteiger partial charge in [0.15, 0.2) is 0 Å². The number of aromatic nitrogens is 1. The lowest BCUT2D eigenvalue weighted by Crippen LogP contribution is -2.44. The lowest BCUT2D eigenvalue weighted by Gasteiger charge is -2.19. The fourth-order valence-corrected chi connectivity index (χ4v) is 3.50. The molecule has 2 aromatic carbocycles. The number of nitrogens with one attached hydrogen (secondary N) is 1. The summed E-state index contributed by atoms with van der Waals surface area (Å²) in [7, 11) is 1.26. The Hall–Kier alpha value is -3.65. The Balaban J connectivity index is 1.74. The maximum atomic E-state index is 12.7. The molecule has 34 heavy (non-hydrogen) atoms. The molecular formula is C26H30N2O6. The average molecular weight is 467 g/mol. The Labute approximate surface area is 198 Å². The molecule has 1 aromatic heterocycles. The van der Waals surface area contributed by atoms with Gasteiger partial charge in [-0.25, -0.2) is 9.59 Å². The Morgan fingerprint density at radius 3 is 2.35 bits per heavy atom. The van der Waals surface area contributed by atoms with Gasteiger partial charge in [-0.15, -0.1) is 0 Å². The van der Waals surface area contributed by atoms with Crippen LogP contribution >= 0.6 is 0 Å². The molecule has 1 heterocycles. The van der Waals surface area contributed by atoms with Gasteiger partial charge in [0.25, 0.3) is 0 Å². The van der Waals surface area contributed by atoms with E-state index in [2.05, 4.69) is 5.32 Å². The zero-order valence-electron chi connectivity index (χ0n) is 19.9. The van der Waals surface area contributed by atoms with Crippen molar-refractivity contribution >= 4 is 28.9 Å². The molecule has 1 atom stereocenters. The van der Waals surface area contributed by atoms with Crippen LogP contribution in [0.5, 0.6) is 0 Å². The number of para-hydroxylation sites is 1. The quantitative estimate of drug-likeness (QED) is 0.507. The van der Waals surface area contributed by atoms with Crippen LogP contribution in [0.1, 0.15) is 31.9 Å². The van der Waals surface area contributed by atoms with Crippen LogP contribution in [0.15, 0.2) is 60.8 Å². The van der Waals surface area contributed by atoms with Gasteiger partial charge in [0.05, 0.1) is 19.2 Å². The number of amides is 1. The number of carbonyl (C=O) groups excluding carboxylic acids is 3. The van der Waals surface area contributed by atoms with E-state index >= 15 is 0 Å². The molecule has 0 saturated carbocycles. The average Bonchev–Trinajstić information content (AvgIpc) is 3.16. The van der Waals surface area contributed by atoms with Crippen LogP contribution in [0, 0.1) is 0 Å². The second-order valence-corrected chi connectivity index (χ2v) is 8.85. The van der Waals surface area contributed by atoms with Crippen molar-refractivity contribution < 1.29 is 28.6 Å². The number of benzene rings is 2. The largest absolute Gasteiger partial charge is 0.467 e. The molecule has 3 rings (SSSR count). The number of carbonyl (C=O) groups is 3. The number of hydrogen-bond acceptors (Lipinski definition) is 6. The van der Waals surface area contributed by atoms with Gasteiger partial charge in [-0.1, -0.05) is 48.5 Å². The first kappa shape index (κ1) is 25.0. The molecule has 180 valence electrons. The Bertz CT molecular complexity index is 1150. The second-order valence-electron chi connectivity index (χ2n) is 8.85. The van der Waals surface area contributed by atoms with E-state index < -0.39 is 29.6 Å². The first-order valence-electron chi connectivity index (χ1n) is 11.0. The molecular weight excluding hydrogens is 436 g/mol. The van der Waals surface area contributed by atoms with E-state index in [0.717, 1.165) is 10.9 Å². The maximum Gasteiger partial charge on any atom is 0.419 e. The van der Waals surface area contributed by atoms with Gasteiger partial charge < -0.3 is 19.5 Å². The molecule has 0 bridgehead atoms. The van der Waals surface area contributed by atoms with Gasteiger partial charge in [-0.3, -0.25) is 9.36 Å². The van der Waals surface area contributed by atoms with Crippen LogP contribution in [0.25, 0.3) is 10.9 Å². The van der Waals surface area contributed by atoms with Crippen LogP contribution in [-0.4, -0.2) is 47.9 Å². The Morgan fingerprint density at radius 1 is 1.00 bits per heavy atom. The molecule has 0 unspecified atom stereocenters. The third-order valence-corrected chi connectivity index (χ3v) is 4.97. The predicted octanol–water partition coefficient (Wildman–Crippen LogP) is 3.84. The molecule has 0 saturated heterocycles. The molecule has 8 nitrogen and oxygen atoms in total. The maximum absolute atomic E-state index is 12.7. The van der Waals surface area contributed by atoms with Crippen molar-refractivity contribution in [1.29, 1.82) is 0 Å². The smallest absolute Gasteiger partial charge is 0.419 e. The number of ether oxygens (including phenoxy) is 3. The molecule has 0 spiro atoms. The lowest BCUT2D eigenvalue weighted by atomic mass is 10.0. The minimum absolute atomic E-state index is 0.132. The second kappa shape index (κ2) is 11.0. The van der Waals surface area contributed by atoms with Crippen molar-refractivity contribution in [2.24, 2.45) is 0 Å². The van der Waals surface area contributed by atoms with Crippen LogP contribution in [-0.2, 0) is 36.8 Å². The predicted molar refractivity (Wildman–Crippen MR) is 127 cm³/mol. The van der Waals surface area contributed by atoms with E-state index in [1.165, 1.54) is 11.7 Å². The molecule has 1 amide bonds. The number of nitrogens with zero attached hydrogens (tertiary/aromatic N) is 1. The van der Waals surface area contributed by atoms with Gasteiger partial charge in [-0.05, 0) is 38.0 Å². The first-order chi connectivity index (χ1) is 16.2. The summed E-state index contributed by atoms with van der Waals surface area (Å²) in [6.45, 7) is 5.45. The van der Waals surface area contributed by atoms with E-state index in [1.807, 2.05) is 48.5 Å². The molecule has 0 fully saturated rings. The minimum atomic E-state index is -0.948. The third kappa shape index (κ3) is 6.68. The summed E-state index contributed by atoms with van der Waals surface area (Å²) < 4.78 is 17.3. The highest BCUT2D eigenvalue weighted by atomic mass is 16.6. The van der Waals surface area contributed by atoms with Gasteiger partial charge in [0.2, 0.25) is 5.91 Å². The Morgan fingerprint density at radius 2 is 1.68 bits per heavy atom. The molecule has 0 aliphatic heterocycles. The molecule has 3 aromatic rings. The summed E-state index contributed by atoms with van der Waals surface area (Å²) >= 11 is 0. The summed E-state index contributed by atoms with van der Waals surface area (Å²) in [5.74, 6) is -1.03. The molecule has 1 N–H and O–H groups in total. The van der Waals surface area contributed by atoms with Crippen molar-refractivity contribution in [1.82, 2.24) is 9.88 Å². The SMILES string of the molecule is COC(=O)[C@H](Cc1cn(C(=O)OC(C)(C)C)c2ccccc12)NC(=O)COCc1ccccc1. The van der Waals surface area contributed by atoms with Crippen molar-refractivity contribution in [2.75, 3.05) is 13.7 Å². The van der Waals surface area contributed by atoms with Crippen LogP contribution < -0.4 is 5.32 Å². The van der Waals surface area contributed by atoms with E-state index in [9.17, 15) is 14.4 Å². The highest BCUT2D eigenvalue weighted by Gasteiger charge is 2.26. The third-order valence-electron chi connectivity index (χ3n) is 4.97. The van der Waals surface area contributed by atoms with Gasteiger partial charge in [0, 0.05) is 18.0 Å². The van der Waals surface area contributed by atoms with Crippen molar-refractivity contribution in [2.45, 2.75) is 45.4 Å². The lowest BCUT2D eigenvalue weighted by molar-refractivity contribution is -0.145. The zero-order valence-corrected chi connectivity index (χ0v) is 19.9.